The first-order chi connectivity index (χ1) is 11.1. The smallest absolute Gasteiger partial charge is 0.255 e. The van der Waals surface area contributed by atoms with Gasteiger partial charge in [-0.05, 0) is 37.6 Å². The Bertz CT molecular complexity index is 852. The van der Waals surface area contributed by atoms with Crippen LogP contribution >= 0.6 is 0 Å². The molecule has 7 heteroatoms. The van der Waals surface area contributed by atoms with Crippen LogP contribution in [0.4, 0.5) is 4.39 Å². The summed E-state index contributed by atoms with van der Waals surface area (Å²) in [6, 6.07) is 4.48. The topological polar surface area (TPSA) is 75.6 Å². The van der Waals surface area contributed by atoms with E-state index in [0.717, 1.165) is 11.5 Å². The molecule has 0 radical (unpaired) electrons. The fourth-order valence-electron chi connectivity index (χ4n) is 2.41. The number of hydrogen-bond donors (Lipinski definition) is 2. The largest absolute Gasteiger partial charge is 0.348 e. The molecule has 23 heavy (non-hydrogen) atoms. The predicted molar refractivity (Wildman–Crippen MR) is 82.8 cm³/mol. The predicted octanol–water partition coefficient (Wildman–Crippen LogP) is 2.28. The number of aromatic amines is 1. The van der Waals surface area contributed by atoms with Gasteiger partial charge in [-0.3, -0.25) is 9.89 Å². The van der Waals surface area contributed by atoms with E-state index < -0.39 is 0 Å². The Morgan fingerprint density at radius 3 is 2.87 bits per heavy atom. The van der Waals surface area contributed by atoms with Gasteiger partial charge in [0.25, 0.3) is 5.91 Å². The van der Waals surface area contributed by atoms with Crippen molar-refractivity contribution in [3.63, 3.8) is 0 Å². The number of H-pyrrole nitrogens is 1. The zero-order valence-electron chi connectivity index (χ0n) is 12.8. The molecule has 0 fully saturated rings. The van der Waals surface area contributed by atoms with Crippen LogP contribution in [0.1, 0.15) is 27.4 Å². The Morgan fingerprint density at radius 1 is 1.39 bits per heavy atom. The third-order valence-corrected chi connectivity index (χ3v) is 3.64. The lowest BCUT2D eigenvalue weighted by atomic mass is 10.1. The fourth-order valence-corrected chi connectivity index (χ4v) is 2.41. The van der Waals surface area contributed by atoms with E-state index in [1.165, 1.54) is 18.3 Å². The minimum atomic E-state index is -0.352. The van der Waals surface area contributed by atoms with E-state index in [2.05, 4.69) is 20.5 Å². The first-order valence-corrected chi connectivity index (χ1v) is 7.13. The lowest BCUT2D eigenvalue weighted by Gasteiger charge is -2.13. The monoisotopic (exact) mass is 313 g/mol. The molecule has 6 nitrogen and oxygen atoms in total. The molecule has 2 aromatic heterocycles. The second kappa shape index (κ2) is 6.04. The lowest BCUT2D eigenvalue weighted by molar-refractivity contribution is 0.0950. The van der Waals surface area contributed by atoms with Gasteiger partial charge >= 0.3 is 0 Å². The quantitative estimate of drug-likeness (QED) is 0.776. The average molecular weight is 313 g/mol. The second-order valence-corrected chi connectivity index (χ2v) is 5.21. The van der Waals surface area contributed by atoms with Crippen molar-refractivity contribution >= 4 is 5.91 Å². The van der Waals surface area contributed by atoms with Crippen molar-refractivity contribution in [3.05, 3.63) is 65.3 Å². The summed E-state index contributed by atoms with van der Waals surface area (Å²) in [5.41, 5.74) is 2.61. The Morgan fingerprint density at radius 2 is 2.22 bits per heavy atom. The van der Waals surface area contributed by atoms with Gasteiger partial charge in [0.1, 0.15) is 11.6 Å². The van der Waals surface area contributed by atoms with Crippen LogP contribution in [0.2, 0.25) is 0 Å². The molecule has 0 aliphatic carbocycles. The number of carbonyl (C=O) groups excluding carboxylic acids is 1. The summed E-state index contributed by atoms with van der Waals surface area (Å²) in [6.45, 7) is 3.83. The number of amides is 1. The van der Waals surface area contributed by atoms with Gasteiger partial charge in [0.15, 0.2) is 0 Å². The number of carbonyl (C=O) groups is 1. The maximum atomic E-state index is 13.6. The Hall–Kier alpha value is -2.96. The highest BCUT2D eigenvalue weighted by Gasteiger charge is 2.13. The molecule has 0 aliphatic rings. The summed E-state index contributed by atoms with van der Waals surface area (Å²) in [7, 11) is 0. The van der Waals surface area contributed by atoms with Crippen molar-refractivity contribution in [2.75, 3.05) is 0 Å². The van der Waals surface area contributed by atoms with Crippen LogP contribution in [0.25, 0.3) is 5.69 Å². The number of rotatable bonds is 4. The number of benzene rings is 1. The third kappa shape index (κ3) is 2.98. The van der Waals surface area contributed by atoms with Gasteiger partial charge in [-0.25, -0.2) is 9.37 Å². The molecule has 0 saturated carbocycles. The van der Waals surface area contributed by atoms with E-state index in [0.29, 0.717) is 16.8 Å². The Labute approximate surface area is 132 Å². The van der Waals surface area contributed by atoms with Gasteiger partial charge in [0.2, 0.25) is 0 Å². The maximum absolute atomic E-state index is 13.6. The highest BCUT2D eigenvalue weighted by molar-refractivity contribution is 5.94. The molecule has 0 spiro atoms. The summed E-state index contributed by atoms with van der Waals surface area (Å²) in [5, 5.41) is 9.33. The molecule has 0 saturated heterocycles. The zero-order chi connectivity index (χ0) is 16.4. The molecule has 1 aromatic carbocycles. The number of aryl methyl sites for hydroxylation is 2. The van der Waals surface area contributed by atoms with Crippen molar-refractivity contribution < 1.29 is 9.18 Å². The summed E-state index contributed by atoms with van der Waals surface area (Å²) >= 11 is 0. The number of imidazole rings is 1. The number of nitrogens with one attached hydrogen (secondary N) is 2. The van der Waals surface area contributed by atoms with Crippen LogP contribution in [0.3, 0.4) is 0 Å². The fraction of sp³-hybridized carbons (Fsp3) is 0.188. The number of nitrogens with zero attached hydrogens (tertiary/aromatic N) is 3. The highest BCUT2D eigenvalue weighted by Crippen LogP contribution is 2.18. The summed E-state index contributed by atoms with van der Waals surface area (Å²) in [6.07, 6.45) is 4.95. The Kier molecular flexibility index (Phi) is 3.92. The molecule has 2 N–H and O–H groups in total. The average Bonchev–Trinajstić information content (AvgIpc) is 3.13. The van der Waals surface area contributed by atoms with Gasteiger partial charge in [-0.2, -0.15) is 5.10 Å². The molecular formula is C16H16FN5O. The van der Waals surface area contributed by atoms with E-state index in [9.17, 15) is 9.18 Å². The van der Waals surface area contributed by atoms with E-state index in [1.807, 2.05) is 11.5 Å². The molecule has 0 unspecified atom stereocenters. The third-order valence-electron chi connectivity index (χ3n) is 3.64. The SMILES string of the molecule is Cc1[nH]ncc1C(=O)NCc1cc(F)ccc1-n1ccnc1C. The minimum absolute atomic E-state index is 0.203. The van der Waals surface area contributed by atoms with E-state index in [4.69, 9.17) is 0 Å². The molecular weight excluding hydrogens is 297 g/mol. The van der Waals surface area contributed by atoms with E-state index in [-0.39, 0.29) is 18.3 Å². The Balaban J connectivity index is 1.85. The van der Waals surface area contributed by atoms with Crippen LogP contribution in [0.5, 0.6) is 0 Å². The number of hydrogen-bond acceptors (Lipinski definition) is 3. The van der Waals surface area contributed by atoms with Gasteiger partial charge < -0.3 is 9.88 Å². The van der Waals surface area contributed by atoms with Crippen molar-refractivity contribution in [2.24, 2.45) is 0 Å². The van der Waals surface area contributed by atoms with Crippen molar-refractivity contribution in [1.82, 2.24) is 25.1 Å². The van der Waals surface area contributed by atoms with Crippen LogP contribution in [0, 0.1) is 19.7 Å². The van der Waals surface area contributed by atoms with E-state index >= 15 is 0 Å². The van der Waals surface area contributed by atoms with Crippen molar-refractivity contribution in [2.45, 2.75) is 20.4 Å². The molecule has 0 bridgehead atoms. The molecule has 0 aliphatic heterocycles. The summed E-state index contributed by atoms with van der Waals surface area (Å²) in [4.78, 5) is 16.3. The minimum Gasteiger partial charge on any atom is -0.348 e. The summed E-state index contributed by atoms with van der Waals surface area (Å²) in [5.74, 6) is 0.180. The molecule has 0 atom stereocenters. The van der Waals surface area contributed by atoms with Crippen LogP contribution in [0.15, 0.2) is 36.8 Å². The maximum Gasteiger partial charge on any atom is 0.255 e. The van der Waals surface area contributed by atoms with Crippen LogP contribution < -0.4 is 5.32 Å². The van der Waals surface area contributed by atoms with Gasteiger partial charge in [0.05, 0.1) is 17.4 Å². The van der Waals surface area contributed by atoms with Crippen molar-refractivity contribution in [3.8, 4) is 5.69 Å². The molecule has 2 heterocycles. The zero-order valence-corrected chi connectivity index (χ0v) is 12.8. The first-order valence-electron chi connectivity index (χ1n) is 7.13. The normalized spacial score (nSPS) is 10.7. The lowest BCUT2D eigenvalue weighted by Crippen LogP contribution is -2.24. The first kappa shape index (κ1) is 15.0. The highest BCUT2D eigenvalue weighted by atomic mass is 19.1. The van der Waals surface area contributed by atoms with E-state index in [1.54, 1.807) is 25.4 Å². The standard InChI is InChI=1S/C16H16FN5O/c1-10-14(9-20-21-10)16(23)19-8-12-7-13(17)3-4-15(12)22-6-5-18-11(22)2/h3-7,9H,8H2,1-2H3,(H,19,23)(H,20,21). The molecule has 1 amide bonds. The van der Waals surface area contributed by atoms with Gasteiger partial charge in [-0.1, -0.05) is 0 Å². The summed E-state index contributed by atoms with van der Waals surface area (Å²) < 4.78 is 15.4. The van der Waals surface area contributed by atoms with Gasteiger partial charge in [0, 0.05) is 24.6 Å². The molecule has 3 rings (SSSR count). The van der Waals surface area contributed by atoms with Crippen LogP contribution in [-0.2, 0) is 6.54 Å². The second-order valence-electron chi connectivity index (χ2n) is 5.21. The van der Waals surface area contributed by atoms with Crippen molar-refractivity contribution in [1.29, 1.82) is 0 Å². The molecule has 118 valence electrons. The molecule has 3 aromatic rings. The van der Waals surface area contributed by atoms with Gasteiger partial charge in [-0.15, -0.1) is 0 Å². The number of aromatic nitrogens is 4. The number of halogens is 1. The van der Waals surface area contributed by atoms with Crippen LogP contribution in [-0.4, -0.2) is 25.7 Å².